The van der Waals surface area contributed by atoms with Gasteiger partial charge in [-0.05, 0) is 39.3 Å². The predicted octanol–water partition coefficient (Wildman–Crippen LogP) is 4.06. The molecular formula is C13H21ClNO4P. The molecule has 1 heterocycles. The first-order valence-electron chi connectivity index (χ1n) is 6.16. The number of pyridine rings is 1. The summed E-state index contributed by atoms with van der Waals surface area (Å²) in [5, 5.41) is 9.80. The topological polar surface area (TPSA) is 68.7 Å². The van der Waals surface area contributed by atoms with E-state index in [1.54, 1.807) is 40.0 Å². The van der Waals surface area contributed by atoms with Crippen LogP contribution in [0, 0.1) is 13.8 Å². The second kappa shape index (κ2) is 8.42. The van der Waals surface area contributed by atoms with E-state index < -0.39 is 7.60 Å². The van der Waals surface area contributed by atoms with Gasteiger partial charge in [-0.2, -0.15) is 0 Å². The van der Waals surface area contributed by atoms with E-state index in [1.165, 1.54) is 5.82 Å². The standard InChI is InChI=1S/C13H20NO4P.ClH/c1-5-17-19(16,18-6-2)8-7-12-9-14-11(4)13(15)10(12)3;/h7-9,15H,5-6H2,1-4H3;1H/b8-7+;. The van der Waals surface area contributed by atoms with Gasteiger partial charge in [0.15, 0.2) is 0 Å². The van der Waals surface area contributed by atoms with Crippen molar-refractivity contribution >= 4 is 26.1 Å². The summed E-state index contributed by atoms with van der Waals surface area (Å²) >= 11 is 0. The maximum Gasteiger partial charge on any atom is 0.354 e. The molecule has 7 heteroatoms. The summed E-state index contributed by atoms with van der Waals surface area (Å²) in [5.41, 5.74) is 1.93. The molecule has 20 heavy (non-hydrogen) atoms. The molecular weight excluding hydrogens is 301 g/mol. The van der Waals surface area contributed by atoms with Gasteiger partial charge in [0.2, 0.25) is 0 Å². The van der Waals surface area contributed by atoms with Gasteiger partial charge in [-0.15, -0.1) is 12.4 Å². The van der Waals surface area contributed by atoms with Crippen molar-refractivity contribution in [3.05, 3.63) is 28.8 Å². The fourth-order valence-corrected chi connectivity index (χ4v) is 2.86. The van der Waals surface area contributed by atoms with Crippen molar-refractivity contribution in [1.29, 1.82) is 0 Å². The Morgan fingerprint density at radius 2 is 1.85 bits per heavy atom. The van der Waals surface area contributed by atoms with Crippen LogP contribution >= 0.6 is 20.0 Å². The molecule has 0 fully saturated rings. The molecule has 0 saturated heterocycles. The van der Waals surface area contributed by atoms with Gasteiger partial charge in [0.05, 0.1) is 18.9 Å². The number of rotatable bonds is 6. The molecule has 0 amide bonds. The second-order valence-corrected chi connectivity index (χ2v) is 5.86. The first-order valence-corrected chi connectivity index (χ1v) is 7.78. The van der Waals surface area contributed by atoms with Crippen molar-refractivity contribution in [2.45, 2.75) is 27.7 Å². The van der Waals surface area contributed by atoms with Crippen LogP contribution in [-0.4, -0.2) is 23.3 Å². The Kier molecular flexibility index (Phi) is 8.06. The van der Waals surface area contributed by atoms with E-state index in [4.69, 9.17) is 9.05 Å². The summed E-state index contributed by atoms with van der Waals surface area (Å²) in [7, 11) is -3.22. The fraction of sp³-hybridized carbons (Fsp3) is 0.462. The van der Waals surface area contributed by atoms with Gasteiger partial charge in [0.25, 0.3) is 0 Å². The largest absolute Gasteiger partial charge is 0.506 e. The van der Waals surface area contributed by atoms with Crippen LogP contribution in [0.15, 0.2) is 12.0 Å². The van der Waals surface area contributed by atoms with Crippen LogP contribution < -0.4 is 0 Å². The number of nitrogens with zero attached hydrogens (tertiary/aromatic N) is 1. The third-order valence-electron chi connectivity index (χ3n) is 2.58. The highest BCUT2D eigenvalue weighted by atomic mass is 35.5. The van der Waals surface area contributed by atoms with E-state index in [0.29, 0.717) is 30.0 Å². The quantitative estimate of drug-likeness (QED) is 0.800. The Hall–Kier alpha value is -0.870. The van der Waals surface area contributed by atoms with Crippen molar-refractivity contribution < 1.29 is 18.7 Å². The Labute approximate surface area is 126 Å². The number of hydrogen-bond acceptors (Lipinski definition) is 5. The molecule has 1 rings (SSSR count). The molecule has 0 radical (unpaired) electrons. The lowest BCUT2D eigenvalue weighted by Gasteiger charge is -2.13. The van der Waals surface area contributed by atoms with E-state index in [2.05, 4.69) is 4.98 Å². The van der Waals surface area contributed by atoms with Gasteiger partial charge in [-0.25, -0.2) is 0 Å². The molecule has 0 unspecified atom stereocenters. The lowest BCUT2D eigenvalue weighted by atomic mass is 10.1. The number of halogens is 1. The maximum atomic E-state index is 12.2. The summed E-state index contributed by atoms with van der Waals surface area (Å²) in [6.07, 6.45) is 3.22. The minimum atomic E-state index is -3.22. The predicted molar refractivity (Wildman–Crippen MR) is 82.5 cm³/mol. The summed E-state index contributed by atoms with van der Waals surface area (Å²) in [4.78, 5) is 4.06. The Bertz CT molecular complexity index is 509. The van der Waals surface area contributed by atoms with Crippen molar-refractivity contribution in [3.8, 4) is 5.75 Å². The fourth-order valence-electron chi connectivity index (χ4n) is 1.56. The van der Waals surface area contributed by atoms with E-state index >= 15 is 0 Å². The maximum absolute atomic E-state index is 12.2. The first kappa shape index (κ1) is 19.1. The van der Waals surface area contributed by atoms with Gasteiger partial charge in [0, 0.05) is 17.6 Å². The minimum Gasteiger partial charge on any atom is -0.506 e. The third kappa shape index (κ3) is 4.91. The number of hydrogen-bond donors (Lipinski definition) is 1. The Balaban J connectivity index is 0.00000361. The molecule has 1 N–H and O–H groups in total. The summed E-state index contributed by atoms with van der Waals surface area (Å²) in [5.74, 6) is 1.54. The van der Waals surface area contributed by atoms with Crippen LogP contribution in [0.1, 0.15) is 30.7 Å². The van der Waals surface area contributed by atoms with E-state index in [1.807, 2.05) is 0 Å². The smallest absolute Gasteiger partial charge is 0.354 e. The van der Waals surface area contributed by atoms with Gasteiger partial charge in [0.1, 0.15) is 5.75 Å². The zero-order chi connectivity index (χ0) is 14.5. The molecule has 0 spiro atoms. The third-order valence-corrected chi connectivity index (χ3v) is 4.33. The molecule has 114 valence electrons. The first-order chi connectivity index (χ1) is 8.93. The van der Waals surface area contributed by atoms with Crippen LogP contribution in [-0.2, 0) is 13.6 Å². The molecule has 0 saturated carbocycles. The molecule has 0 aliphatic rings. The normalized spacial score (nSPS) is 11.6. The van der Waals surface area contributed by atoms with Crippen LogP contribution in [0.5, 0.6) is 5.75 Å². The van der Waals surface area contributed by atoms with Gasteiger partial charge in [-0.3, -0.25) is 9.55 Å². The number of aromatic nitrogens is 1. The molecule has 0 aromatic carbocycles. The highest BCUT2D eigenvalue weighted by Gasteiger charge is 2.19. The average molecular weight is 322 g/mol. The van der Waals surface area contributed by atoms with Crippen LogP contribution in [0.3, 0.4) is 0 Å². The monoisotopic (exact) mass is 321 g/mol. The molecule has 5 nitrogen and oxygen atoms in total. The van der Waals surface area contributed by atoms with Gasteiger partial charge < -0.3 is 14.2 Å². The zero-order valence-electron chi connectivity index (χ0n) is 12.1. The highest BCUT2D eigenvalue weighted by Crippen LogP contribution is 2.50. The van der Waals surface area contributed by atoms with Gasteiger partial charge in [-0.1, -0.05) is 0 Å². The summed E-state index contributed by atoms with van der Waals surface area (Å²) in [6, 6.07) is 0. The highest BCUT2D eigenvalue weighted by molar-refractivity contribution is 7.57. The molecule has 0 bridgehead atoms. The van der Waals surface area contributed by atoms with Crippen LogP contribution in [0.4, 0.5) is 0 Å². The molecule has 0 aliphatic carbocycles. The average Bonchev–Trinajstić information content (AvgIpc) is 2.36. The van der Waals surface area contributed by atoms with Crippen molar-refractivity contribution in [3.63, 3.8) is 0 Å². The molecule has 1 aromatic rings. The lowest BCUT2D eigenvalue weighted by molar-refractivity contribution is 0.229. The second-order valence-electron chi connectivity index (χ2n) is 3.96. The van der Waals surface area contributed by atoms with E-state index in [0.717, 1.165) is 0 Å². The lowest BCUT2D eigenvalue weighted by Crippen LogP contribution is -1.93. The van der Waals surface area contributed by atoms with E-state index in [-0.39, 0.29) is 18.2 Å². The Morgan fingerprint density at radius 1 is 1.30 bits per heavy atom. The Morgan fingerprint density at radius 3 is 2.35 bits per heavy atom. The van der Waals surface area contributed by atoms with Crippen LogP contribution in [0.25, 0.3) is 6.08 Å². The number of aromatic hydroxyl groups is 1. The molecule has 0 atom stereocenters. The minimum absolute atomic E-state index is 0. The molecule has 1 aromatic heterocycles. The SMILES string of the molecule is CCOP(=O)(/C=C/c1cnc(C)c(O)c1C)OCC.Cl. The molecule has 0 aliphatic heterocycles. The van der Waals surface area contributed by atoms with Crippen molar-refractivity contribution in [2.24, 2.45) is 0 Å². The van der Waals surface area contributed by atoms with E-state index in [9.17, 15) is 9.67 Å². The number of aryl methyl sites for hydroxylation is 1. The zero-order valence-corrected chi connectivity index (χ0v) is 13.8. The van der Waals surface area contributed by atoms with Crippen molar-refractivity contribution in [2.75, 3.05) is 13.2 Å². The summed E-state index contributed by atoms with van der Waals surface area (Å²) in [6.45, 7) is 7.61. The summed E-state index contributed by atoms with van der Waals surface area (Å²) < 4.78 is 22.5. The van der Waals surface area contributed by atoms with Crippen molar-refractivity contribution in [1.82, 2.24) is 4.98 Å². The van der Waals surface area contributed by atoms with Gasteiger partial charge >= 0.3 is 7.60 Å². The van der Waals surface area contributed by atoms with Crippen LogP contribution in [0.2, 0.25) is 0 Å².